The zero-order chi connectivity index (χ0) is 13.6. The number of hydrogen-bond donors (Lipinski definition) is 1. The van der Waals surface area contributed by atoms with Gasteiger partial charge < -0.3 is 10.0 Å². The molecule has 4 nitrogen and oxygen atoms in total. The Kier molecular flexibility index (Phi) is 3.03. The maximum absolute atomic E-state index is 12.3. The molecule has 0 radical (unpaired) electrons. The molecular formula is C11H14F3NO3. The van der Waals surface area contributed by atoms with Gasteiger partial charge in [-0.1, -0.05) is 0 Å². The van der Waals surface area contributed by atoms with Gasteiger partial charge in [-0.15, -0.1) is 0 Å². The first-order valence-electron chi connectivity index (χ1n) is 5.87. The van der Waals surface area contributed by atoms with Crippen molar-refractivity contribution in [1.29, 1.82) is 0 Å². The third kappa shape index (κ3) is 2.18. The van der Waals surface area contributed by atoms with Crippen molar-refractivity contribution in [1.82, 2.24) is 4.90 Å². The number of nitrogens with zero attached hydrogens (tertiary/aromatic N) is 1. The van der Waals surface area contributed by atoms with E-state index in [1.54, 1.807) is 0 Å². The Balaban J connectivity index is 2.06. The van der Waals surface area contributed by atoms with Gasteiger partial charge in [-0.05, 0) is 31.6 Å². The summed E-state index contributed by atoms with van der Waals surface area (Å²) in [6.45, 7) is -0.0326. The number of hydrogen-bond acceptors (Lipinski definition) is 2. The molecule has 18 heavy (non-hydrogen) atoms. The number of carboxylic acids is 1. The molecule has 1 atom stereocenters. The fraction of sp³-hybridized carbons (Fsp3) is 0.818. The standard InChI is InChI=1S/C11H14F3NO3/c12-11(13,14)8(16)15-5-1-2-7(6-15)10(3-4-10)9(17)18/h7H,1-6H2,(H,17,18). The number of amides is 1. The molecule has 2 rings (SSSR count). The highest BCUT2D eigenvalue weighted by molar-refractivity contribution is 5.82. The second kappa shape index (κ2) is 4.13. The van der Waals surface area contributed by atoms with Crippen LogP contribution in [0.25, 0.3) is 0 Å². The van der Waals surface area contributed by atoms with Crippen LogP contribution in [0.15, 0.2) is 0 Å². The van der Waals surface area contributed by atoms with E-state index in [1.165, 1.54) is 0 Å². The van der Waals surface area contributed by atoms with Gasteiger partial charge in [0.1, 0.15) is 0 Å². The second-order valence-electron chi connectivity index (χ2n) is 5.05. The molecule has 0 aromatic heterocycles. The molecule has 7 heteroatoms. The SMILES string of the molecule is O=C(N1CCCC(C2(C(=O)O)CC2)C1)C(F)(F)F. The summed E-state index contributed by atoms with van der Waals surface area (Å²) < 4.78 is 37.0. The molecule has 1 N–H and O–H groups in total. The molecule has 2 fully saturated rings. The number of alkyl halides is 3. The number of aliphatic carboxylic acids is 1. The number of likely N-dealkylation sites (tertiary alicyclic amines) is 1. The topological polar surface area (TPSA) is 57.6 Å². The van der Waals surface area contributed by atoms with Crippen molar-refractivity contribution in [3.05, 3.63) is 0 Å². The maximum atomic E-state index is 12.3. The maximum Gasteiger partial charge on any atom is 0.471 e. The Morgan fingerprint density at radius 1 is 1.28 bits per heavy atom. The fourth-order valence-corrected chi connectivity index (χ4v) is 2.72. The average molecular weight is 265 g/mol. The van der Waals surface area contributed by atoms with Crippen molar-refractivity contribution >= 4 is 11.9 Å². The van der Waals surface area contributed by atoms with Crippen LogP contribution in [0.5, 0.6) is 0 Å². The smallest absolute Gasteiger partial charge is 0.471 e. The van der Waals surface area contributed by atoms with E-state index in [2.05, 4.69) is 0 Å². The van der Waals surface area contributed by atoms with E-state index in [1.807, 2.05) is 0 Å². The molecule has 1 aliphatic heterocycles. The minimum atomic E-state index is -4.87. The zero-order valence-electron chi connectivity index (χ0n) is 9.66. The highest BCUT2D eigenvalue weighted by Gasteiger charge is 2.57. The van der Waals surface area contributed by atoms with Crippen molar-refractivity contribution < 1.29 is 27.9 Å². The molecular weight excluding hydrogens is 251 g/mol. The number of carboxylic acid groups (broad SMARTS) is 1. The normalized spacial score (nSPS) is 26.8. The van der Waals surface area contributed by atoms with Crippen LogP contribution >= 0.6 is 0 Å². The predicted octanol–water partition coefficient (Wildman–Crippen LogP) is 1.65. The van der Waals surface area contributed by atoms with Gasteiger partial charge >= 0.3 is 18.1 Å². The first kappa shape index (κ1) is 13.2. The largest absolute Gasteiger partial charge is 0.481 e. The monoisotopic (exact) mass is 265 g/mol. The Morgan fingerprint density at radius 3 is 2.33 bits per heavy atom. The lowest BCUT2D eigenvalue weighted by molar-refractivity contribution is -0.188. The van der Waals surface area contributed by atoms with Gasteiger partial charge in [0, 0.05) is 13.1 Å². The summed E-state index contributed by atoms with van der Waals surface area (Å²) in [6.07, 6.45) is -2.86. The van der Waals surface area contributed by atoms with Crippen LogP contribution in [-0.2, 0) is 9.59 Å². The quantitative estimate of drug-likeness (QED) is 0.826. The van der Waals surface area contributed by atoms with Crippen LogP contribution in [0.1, 0.15) is 25.7 Å². The number of carbonyl (C=O) groups is 2. The van der Waals surface area contributed by atoms with E-state index in [-0.39, 0.29) is 19.0 Å². The molecule has 1 saturated carbocycles. The predicted molar refractivity (Wildman–Crippen MR) is 54.7 cm³/mol. The number of carbonyl (C=O) groups excluding carboxylic acids is 1. The van der Waals surface area contributed by atoms with Crippen molar-refractivity contribution in [2.75, 3.05) is 13.1 Å². The summed E-state index contributed by atoms with van der Waals surface area (Å²) in [5.41, 5.74) is -0.884. The van der Waals surface area contributed by atoms with Crippen LogP contribution in [0.3, 0.4) is 0 Å². The first-order valence-corrected chi connectivity index (χ1v) is 5.87. The van der Waals surface area contributed by atoms with Crippen molar-refractivity contribution in [3.8, 4) is 0 Å². The van der Waals surface area contributed by atoms with E-state index in [0.717, 1.165) is 4.90 Å². The van der Waals surface area contributed by atoms with Crippen LogP contribution < -0.4 is 0 Å². The van der Waals surface area contributed by atoms with Crippen molar-refractivity contribution in [3.63, 3.8) is 0 Å². The van der Waals surface area contributed by atoms with Gasteiger partial charge in [0.2, 0.25) is 0 Å². The molecule has 1 unspecified atom stereocenters. The molecule has 102 valence electrons. The molecule has 1 amide bonds. The van der Waals surface area contributed by atoms with E-state index < -0.39 is 23.5 Å². The minimum absolute atomic E-state index is 0.0601. The van der Waals surface area contributed by atoms with E-state index in [0.29, 0.717) is 25.7 Å². The lowest BCUT2D eigenvalue weighted by Crippen LogP contribution is -2.48. The fourth-order valence-electron chi connectivity index (χ4n) is 2.72. The van der Waals surface area contributed by atoms with Crippen LogP contribution in [0.4, 0.5) is 13.2 Å². The lowest BCUT2D eigenvalue weighted by Gasteiger charge is -2.36. The minimum Gasteiger partial charge on any atom is -0.481 e. The molecule has 0 bridgehead atoms. The van der Waals surface area contributed by atoms with Crippen LogP contribution in [-0.4, -0.2) is 41.1 Å². The second-order valence-corrected chi connectivity index (χ2v) is 5.05. The Hall–Kier alpha value is -1.27. The summed E-state index contributed by atoms with van der Waals surface area (Å²) in [6, 6.07) is 0. The third-order valence-corrected chi connectivity index (χ3v) is 3.95. The van der Waals surface area contributed by atoms with Crippen LogP contribution in [0.2, 0.25) is 0 Å². The Labute approximate surface area is 102 Å². The molecule has 0 aromatic carbocycles. The first-order chi connectivity index (χ1) is 8.27. The van der Waals surface area contributed by atoms with Gasteiger partial charge in [-0.2, -0.15) is 13.2 Å². The molecule has 0 aromatic rings. The number of halogens is 3. The number of rotatable bonds is 2. The summed E-state index contributed by atoms with van der Waals surface area (Å²) >= 11 is 0. The highest BCUT2D eigenvalue weighted by Crippen LogP contribution is 2.54. The summed E-state index contributed by atoms with van der Waals surface area (Å²) in [5.74, 6) is -3.16. The molecule has 0 spiro atoms. The summed E-state index contributed by atoms with van der Waals surface area (Å²) in [7, 11) is 0. The summed E-state index contributed by atoms with van der Waals surface area (Å²) in [5, 5.41) is 9.12. The average Bonchev–Trinajstić information content (AvgIpc) is 3.08. The lowest BCUT2D eigenvalue weighted by atomic mass is 9.82. The van der Waals surface area contributed by atoms with Gasteiger partial charge in [-0.25, -0.2) is 0 Å². The van der Waals surface area contributed by atoms with Crippen molar-refractivity contribution in [2.45, 2.75) is 31.9 Å². The zero-order valence-corrected chi connectivity index (χ0v) is 9.66. The van der Waals surface area contributed by atoms with Crippen molar-refractivity contribution in [2.24, 2.45) is 11.3 Å². The summed E-state index contributed by atoms with van der Waals surface area (Å²) in [4.78, 5) is 23.0. The van der Waals surface area contributed by atoms with Gasteiger partial charge in [0.05, 0.1) is 5.41 Å². The van der Waals surface area contributed by atoms with Gasteiger partial charge in [0.25, 0.3) is 0 Å². The Bertz CT molecular complexity index is 376. The van der Waals surface area contributed by atoms with E-state index in [9.17, 15) is 22.8 Å². The van der Waals surface area contributed by atoms with Gasteiger partial charge in [-0.3, -0.25) is 9.59 Å². The highest BCUT2D eigenvalue weighted by atomic mass is 19.4. The molecule has 1 aliphatic carbocycles. The number of piperidine rings is 1. The molecule has 1 saturated heterocycles. The third-order valence-electron chi connectivity index (χ3n) is 3.95. The van der Waals surface area contributed by atoms with Gasteiger partial charge in [0.15, 0.2) is 0 Å². The van der Waals surface area contributed by atoms with Crippen LogP contribution in [0, 0.1) is 11.3 Å². The van der Waals surface area contributed by atoms with E-state index >= 15 is 0 Å². The molecule has 1 heterocycles. The molecule has 2 aliphatic rings. The Morgan fingerprint density at radius 2 is 1.89 bits per heavy atom. The van der Waals surface area contributed by atoms with E-state index in [4.69, 9.17) is 5.11 Å².